The fourth-order valence-corrected chi connectivity index (χ4v) is 4.97. The number of alkyl halides is 3. The van der Waals surface area contributed by atoms with Gasteiger partial charge in [-0.1, -0.05) is 17.7 Å². The van der Waals surface area contributed by atoms with Crippen molar-refractivity contribution >= 4 is 33.4 Å². The number of anilines is 1. The molecular weight excluding hydrogens is 551 g/mol. The van der Waals surface area contributed by atoms with Crippen LogP contribution in [0.15, 0.2) is 48.9 Å². The van der Waals surface area contributed by atoms with E-state index in [1.165, 1.54) is 42.5 Å². The average Bonchev–Trinajstić information content (AvgIpc) is 3.45. The van der Waals surface area contributed by atoms with Crippen LogP contribution in [-0.2, 0) is 27.2 Å². The van der Waals surface area contributed by atoms with Crippen LogP contribution in [0.3, 0.4) is 0 Å². The van der Waals surface area contributed by atoms with Crippen LogP contribution >= 0.6 is 11.6 Å². The molecule has 3 atom stereocenters. The number of aliphatic hydroxyl groups excluding tert-OH is 1. The van der Waals surface area contributed by atoms with Gasteiger partial charge in [-0.2, -0.15) is 31.4 Å². The van der Waals surface area contributed by atoms with Crippen LogP contribution in [0.2, 0.25) is 5.02 Å². The summed E-state index contributed by atoms with van der Waals surface area (Å²) in [5, 5.41) is 17.2. The molecule has 0 aliphatic heterocycles. The summed E-state index contributed by atoms with van der Waals surface area (Å²) in [5.41, 5.74) is -0.0608. The third-order valence-corrected chi connectivity index (χ3v) is 7.28. The molecule has 0 bridgehead atoms. The first kappa shape index (κ1) is 28.0. The molecule has 0 amide bonds. The molecule has 1 fully saturated rings. The highest BCUT2D eigenvalue weighted by molar-refractivity contribution is 7.84. The van der Waals surface area contributed by atoms with Crippen molar-refractivity contribution in [1.29, 1.82) is 0 Å². The number of pyridine rings is 1. The molecule has 0 radical (unpaired) electrons. The molecular formula is C23H23ClF3N5O5S. The molecule has 1 aromatic carbocycles. The van der Waals surface area contributed by atoms with E-state index in [4.69, 9.17) is 15.8 Å². The van der Waals surface area contributed by atoms with E-state index in [1.807, 2.05) is 4.72 Å². The number of carbonyl (C=O) groups excluding carboxylic acids is 1. The number of rotatable bonds is 9. The molecule has 204 valence electrons. The number of aromatic nitrogens is 3. The summed E-state index contributed by atoms with van der Waals surface area (Å²) < 4.78 is 71.2. The Morgan fingerprint density at radius 3 is 2.74 bits per heavy atom. The van der Waals surface area contributed by atoms with E-state index in [0.29, 0.717) is 11.3 Å². The van der Waals surface area contributed by atoms with E-state index >= 15 is 0 Å². The monoisotopic (exact) mass is 573 g/mol. The van der Waals surface area contributed by atoms with E-state index in [1.54, 1.807) is 6.07 Å². The molecule has 10 nitrogen and oxygen atoms in total. The van der Waals surface area contributed by atoms with Crippen molar-refractivity contribution in [2.75, 3.05) is 12.4 Å². The first-order valence-corrected chi connectivity index (χ1v) is 13.1. The van der Waals surface area contributed by atoms with Gasteiger partial charge in [-0.15, -0.1) is 0 Å². The van der Waals surface area contributed by atoms with E-state index in [2.05, 4.69) is 15.4 Å². The Hall–Kier alpha value is -3.04. The molecule has 0 unspecified atom stereocenters. The highest BCUT2D eigenvalue weighted by Crippen LogP contribution is 2.35. The third kappa shape index (κ3) is 6.50. The van der Waals surface area contributed by atoms with Crippen molar-refractivity contribution in [3.63, 3.8) is 0 Å². The lowest BCUT2D eigenvalue weighted by Gasteiger charge is -2.16. The Morgan fingerprint density at radius 2 is 2.03 bits per heavy atom. The Bertz CT molecular complexity index is 1430. The molecule has 2 heterocycles. The van der Waals surface area contributed by atoms with Crippen LogP contribution < -0.4 is 10.0 Å². The summed E-state index contributed by atoms with van der Waals surface area (Å²) in [7, 11) is -2.80. The van der Waals surface area contributed by atoms with Crippen molar-refractivity contribution in [1.82, 2.24) is 19.5 Å². The van der Waals surface area contributed by atoms with E-state index in [0.717, 1.165) is 12.1 Å². The number of nitrogens with zero attached hydrogens (tertiary/aromatic N) is 3. The van der Waals surface area contributed by atoms with E-state index < -0.39 is 51.1 Å². The molecule has 1 aliphatic carbocycles. The van der Waals surface area contributed by atoms with E-state index in [-0.39, 0.29) is 30.6 Å². The number of nitrogens with one attached hydrogen (secondary N) is 2. The number of halogens is 4. The summed E-state index contributed by atoms with van der Waals surface area (Å²) in [6.45, 7) is -0.0252. The normalized spacial score (nSPS) is 20.0. The summed E-state index contributed by atoms with van der Waals surface area (Å²) in [6.07, 6.45) is -2.01. The zero-order valence-electron chi connectivity index (χ0n) is 19.8. The molecule has 3 N–H and O–H groups in total. The predicted molar refractivity (Wildman–Crippen MR) is 131 cm³/mol. The standard InChI is InChI=1S/C23H23ClF3N5O5S/c1-28-38(35,36)37-21-10-14(9-20(21)33)30-18-4-6-29-11-15(18)22(34)19-5-7-32(31-19)12-13-2-3-17(24)16(8-13)23(25,26)27/h2-8,11,14,20-21,28,33H,9-10,12H2,1H3,(H,29,30)/t14-,20+,21-/m1/s1. The quantitative estimate of drug-likeness (QED) is 0.333. The van der Waals surface area contributed by atoms with Gasteiger partial charge in [0.15, 0.2) is 0 Å². The lowest BCUT2D eigenvalue weighted by Crippen LogP contribution is -2.31. The zero-order valence-corrected chi connectivity index (χ0v) is 21.4. The summed E-state index contributed by atoms with van der Waals surface area (Å²) >= 11 is 5.67. The first-order chi connectivity index (χ1) is 17.9. The molecule has 0 saturated heterocycles. The Morgan fingerprint density at radius 1 is 1.26 bits per heavy atom. The fraction of sp³-hybridized carbons (Fsp3) is 0.348. The van der Waals surface area contributed by atoms with Crippen LogP contribution in [0.5, 0.6) is 0 Å². The van der Waals surface area contributed by atoms with Gasteiger partial charge in [-0.05, 0) is 42.7 Å². The highest BCUT2D eigenvalue weighted by Gasteiger charge is 2.37. The van der Waals surface area contributed by atoms with Crippen LogP contribution in [0.4, 0.5) is 18.9 Å². The predicted octanol–water partition coefficient (Wildman–Crippen LogP) is 3.01. The van der Waals surface area contributed by atoms with Crippen molar-refractivity contribution in [3.05, 3.63) is 76.3 Å². The van der Waals surface area contributed by atoms with Gasteiger partial charge in [0.25, 0.3) is 0 Å². The number of ketones is 1. The lowest BCUT2D eigenvalue weighted by atomic mass is 10.1. The van der Waals surface area contributed by atoms with E-state index in [9.17, 15) is 31.5 Å². The molecule has 3 aromatic rings. The second kappa shape index (κ2) is 11.0. The molecule has 1 aliphatic rings. The number of hydrogen-bond donors (Lipinski definition) is 3. The van der Waals surface area contributed by atoms with Crippen LogP contribution in [-0.4, -0.2) is 59.4 Å². The van der Waals surface area contributed by atoms with Gasteiger partial charge >= 0.3 is 16.5 Å². The smallest absolute Gasteiger partial charge is 0.390 e. The van der Waals surface area contributed by atoms with Crippen molar-refractivity contribution < 1.29 is 35.7 Å². The van der Waals surface area contributed by atoms with Crippen LogP contribution in [0.25, 0.3) is 0 Å². The SMILES string of the molecule is CNS(=O)(=O)O[C@@H]1C[C@H](Nc2ccncc2C(=O)c2ccn(Cc3ccc(Cl)c(C(F)(F)F)c3)n2)C[C@@H]1O. The number of benzene rings is 1. The Kier molecular flexibility index (Phi) is 8.09. The second-order valence-corrected chi connectivity index (χ2v) is 10.5. The summed E-state index contributed by atoms with van der Waals surface area (Å²) in [4.78, 5) is 17.2. The Labute approximate surface area is 221 Å². The minimum Gasteiger partial charge on any atom is -0.390 e. The first-order valence-electron chi connectivity index (χ1n) is 11.3. The largest absolute Gasteiger partial charge is 0.417 e. The molecule has 2 aromatic heterocycles. The van der Waals surface area contributed by atoms with Gasteiger partial charge in [0.2, 0.25) is 5.78 Å². The van der Waals surface area contributed by atoms with Crippen molar-refractivity contribution in [2.24, 2.45) is 0 Å². The fourth-order valence-electron chi connectivity index (χ4n) is 4.11. The lowest BCUT2D eigenvalue weighted by molar-refractivity contribution is -0.137. The second-order valence-electron chi connectivity index (χ2n) is 8.63. The molecule has 4 rings (SSSR count). The topological polar surface area (TPSA) is 135 Å². The average molecular weight is 574 g/mol. The molecule has 15 heteroatoms. The molecule has 1 saturated carbocycles. The minimum absolute atomic E-state index is 0.0252. The molecule has 0 spiro atoms. The Balaban J connectivity index is 1.48. The maximum Gasteiger partial charge on any atom is 0.417 e. The van der Waals surface area contributed by atoms with Gasteiger partial charge in [-0.25, -0.2) is 0 Å². The van der Waals surface area contributed by atoms with Crippen molar-refractivity contribution in [3.8, 4) is 0 Å². The number of carbonyl (C=O) groups is 1. The zero-order chi connectivity index (χ0) is 27.7. The maximum absolute atomic E-state index is 13.2. The number of aliphatic hydroxyl groups is 1. The summed E-state index contributed by atoms with van der Waals surface area (Å²) in [5.74, 6) is -0.490. The summed E-state index contributed by atoms with van der Waals surface area (Å²) in [6, 6.07) is 6.13. The van der Waals surface area contributed by atoms with Crippen LogP contribution in [0, 0.1) is 0 Å². The minimum atomic E-state index is -4.61. The van der Waals surface area contributed by atoms with Gasteiger partial charge in [0.1, 0.15) is 11.8 Å². The maximum atomic E-state index is 13.2. The number of hydrogen-bond acceptors (Lipinski definition) is 8. The van der Waals surface area contributed by atoms with Crippen LogP contribution in [0.1, 0.15) is 40.0 Å². The van der Waals surface area contributed by atoms with Gasteiger partial charge in [-0.3, -0.25) is 18.6 Å². The highest BCUT2D eigenvalue weighted by atomic mass is 35.5. The van der Waals surface area contributed by atoms with Gasteiger partial charge in [0, 0.05) is 37.4 Å². The van der Waals surface area contributed by atoms with Gasteiger partial charge < -0.3 is 10.4 Å². The van der Waals surface area contributed by atoms with Crippen molar-refractivity contribution in [2.45, 2.75) is 43.8 Å². The molecule has 38 heavy (non-hydrogen) atoms. The van der Waals surface area contributed by atoms with Gasteiger partial charge in [0.05, 0.1) is 28.8 Å². The third-order valence-electron chi connectivity index (χ3n) is 5.95.